The predicted molar refractivity (Wildman–Crippen MR) is 69.6 cm³/mol. The number of thioether (sulfide) groups is 1. The lowest BCUT2D eigenvalue weighted by Gasteiger charge is -2.31. The smallest absolute Gasteiger partial charge is 0.136 e. The number of aldehydes is 1. The maximum Gasteiger partial charge on any atom is 0.136 e. The summed E-state index contributed by atoms with van der Waals surface area (Å²) in [4.78, 5) is 11.3. The van der Waals surface area contributed by atoms with E-state index in [0.717, 1.165) is 18.6 Å². The van der Waals surface area contributed by atoms with Crippen molar-refractivity contribution in [2.75, 3.05) is 0 Å². The van der Waals surface area contributed by atoms with E-state index in [4.69, 9.17) is 0 Å². The fourth-order valence-electron chi connectivity index (χ4n) is 2.25. The third-order valence-electron chi connectivity index (χ3n) is 3.28. The zero-order chi connectivity index (χ0) is 11.3. The molecule has 1 aliphatic carbocycles. The van der Waals surface area contributed by atoms with Crippen LogP contribution in [0.3, 0.4) is 0 Å². The summed E-state index contributed by atoms with van der Waals surface area (Å²) < 4.78 is -0.0892. The number of carbonyl (C=O) groups is 1. The first-order chi connectivity index (χ1) is 7.85. The Labute approximate surface area is 102 Å². The average molecular weight is 234 g/mol. The number of hydrogen-bond acceptors (Lipinski definition) is 2. The summed E-state index contributed by atoms with van der Waals surface area (Å²) in [5, 5.41) is 0. The minimum Gasteiger partial charge on any atom is -0.302 e. The molecule has 0 bridgehead atoms. The van der Waals surface area contributed by atoms with E-state index < -0.39 is 0 Å². The van der Waals surface area contributed by atoms with Gasteiger partial charge in [0, 0.05) is 5.75 Å². The van der Waals surface area contributed by atoms with E-state index in [-0.39, 0.29) is 4.75 Å². The van der Waals surface area contributed by atoms with Crippen LogP contribution in [0.15, 0.2) is 30.3 Å². The van der Waals surface area contributed by atoms with Gasteiger partial charge in [-0.3, -0.25) is 0 Å². The molecule has 0 spiro atoms. The van der Waals surface area contributed by atoms with Crippen LogP contribution in [0, 0.1) is 0 Å². The van der Waals surface area contributed by atoms with E-state index in [2.05, 4.69) is 24.3 Å². The van der Waals surface area contributed by atoms with Gasteiger partial charge in [-0.25, -0.2) is 0 Å². The quantitative estimate of drug-likeness (QED) is 0.737. The molecule has 1 aromatic rings. The molecule has 1 saturated carbocycles. The van der Waals surface area contributed by atoms with E-state index in [1.165, 1.54) is 31.1 Å². The molecule has 0 aliphatic heterocycles. The van der Waals surface area contributed by atoms with Gasteiger partial charge in [-0.05, 0) is 18.4 Å². The molecule has 0 amide bonds. The molecule has 2 rings (SSSR count). The highest BCUT2D eigenvalue weighted by Gasteiger charge is 2.31. The molecule has 2 heteroatoms. The van der Waals surface area contributed by atoms with Crippen LogP contribution in [-0.2, 0) is 10.5 Å². The Morgan fingerprint density at radius 1 is 1.12 bits per heavy atom. The second-order valence-corrected chi connectivity index (χ2v) is 5.91. The van der Waals surface area contributed by atoms with Crippen LogP contribution >= 0.6 is 11.8 Å². The maximum absolute atomic E-state index is 11.3. The first-order valence-corrected chi connectivity index (χ1v) is 6.97. The fraction of sp³-hybridized carbons (Fsp3) is 0.500. The topological polar surface area (TPSA) is 17.1 Å². The van der Waals surface area contributed by atoms with E-state index >= 15 is 0 Å². The summed E-state index contributed by atoms with van der Waals surface area (Å²) in [6.07, 6.45) is 7.03. The predicted octanol–water partition coefficient (Wildman–Crippen LogP) is 3.82. The van der Waals surface area contributed by atoms with Gasteiger partial charge in [0.05, 0.1) is 4.75 Å². The molecule has 16 heavy (non-hydrogen) atoms. The van der Waals surface area contributed by atoms with Crippen LogP contribution in [0.1, 0.15) is 37.7 Å². The zero-order valence-electron chi connectivity index (χ0n) is 9.52. The molecular weight excluding hydrogens is 216 g/mol. The Bertz CT molecular complexity index is 328. The van der Waals surface area contributed by atoms with Crippen LogP contribution in [0.2, 0.25) is 0 Å². The molecule has 1 aliphatic rings. The van der Waals surface area contributed by atoms with E-state index in [1.807, 2.05) is 17.8 Å². The average Bonchev–Trinajstić information content (AvgIpc) is 2.39. The van der Waals surface area contributed by atoms with Crippen molar-refractivity contribution in [3.05, 3.63) is 35.9 Å². The monoisotopic (exact) mass is 234 g/mol. The van der Waals surface area contributed by atoms with Crippen molar-refractivity contribution in [2.45, 2.75) is 42.6 Å². The third kappa shape index (κ3) is 2.88. The molecule has 1 aromatic carbocycles. The maximum atomic E-state index is 11.3. The molecule has 0 atom stereocenters. The Balaban J connectivity index is 1.94. The summed E-state index contributed by atoms with van der Waals surface area (Å²) in [7, 11) is 0. The summed E-state index contributed by atoms with van der Waals surface area (Å²) in [5.74, 6) is 0.958. The molecule has 0 N–H and O–H groups in total. The Hall–Kier alpha value is -0.760. The minimum absolute atomic E-state index is 0.0892. The number of rotatable bonds is 4. The first kappa shape index (κ1) is 11.7. The zero-order valence-corrected chi connectivity index (χ0v) is 10.3. The normalized spacial score (nSPS) is 19.2. The largest absolute Gasteiger partial charge is 0.302 e. The van der Waals surface area contributed by atoms with Crippen molar-refractivity contribution in [3.63, 3.8) is 0 Å². The molecule has 0 unspecified atom stereocenters. The lowest BCUT2D eigenvalue weighted by atomic mass is 9.89. The van der Waals surface area contributed by atoms with Gasteiger partial charge in [0.2, 0.25) is 0 Å². The highest BCUT2D eigenvalue weighted by atomic mass is 32.2. The van der Waals surface area contributed by atoms with Crippen LogP contribution in [0.4, 0.5) is 0 Å². The summed E-state index contributed by atoms with van der Waals surface area (Å²) in [6, 6.07) is 10.4. The molecule has 1 nitrogen and oxygen atoms in total. The van der Waals surface area contributed by atoms with Gasteiger partial charge in [0.25, 0.3) is 0 Å². The molecule has 0 heterocycles. The van der Waals surface area contributed by atoms with Crippen molar-refractivity contribution >= 4 is 18.0 Å². The highest BCUT2D eigenvalue weighted by molar-refractivity contribution is 8.00. The van der Waals surface area contributed by atoms with Gasteiger partial charge < -0.3 is 4.79 Å². The van der Waals surface area contributed by atoms with Crippen molar-refractivity contribution in [2.24, 2.45) is 0 Å². The van der Waals surface area contributed by atoms with Crippen molar-refractivity contribution in [1.82, 2.24) is 0 Å². The summed E-state index contributed by atoms with van der Waals surface area (Å²) in [5.41, 5.74) is 1.32. The van der Waals surface area contributed by atoms with E-state index in [1.54, 1.807) is 0 Å². The third-order valence-corrected chi connectivity index (χ3v) is 4.84. The number of benzene rings is 1. The number of carbonyl (C=O) groups excluding carboxylic acids is 1. The standard InChI is InChI=1S/C14H18OS/c15-12-14(9-5-2-6-10-14)16-11-13-7-3-1-4-8-13/h1,3-4,7-8,12H,2,5-6,9-11H2. The Morgan fingerprint density at radius 2 is 1.81 bits per heavy atom. The Kier molecular flexibility index (Phi) is 4.05. The second-order valence-electron chi connectivity index (χ2n) is 4.52. The van der Waals surface area contributed by atoms with Gasteiger partial charge in [0.15, 0.2) is 0 Å². The minimum atomic E-state index is -0.0892. The van der Waals surface area contributed by atoms with E-state index in [9.17, 15) is 4.79 Å². The van der Waals surface area contributed by atoms with Crippen molar-refractivity contribution in [3.8, 4) is 0 Å². The van der Waals surface area contributed by atoms with Gasteiger partial charge in [-0.15, -0.1) is 11.8 Å². The SMILES string of the molecule is O=CC1(SCc2ccccc2)CCCCC1. The molecule has 1 fully saturated rings. The van der Waals surface area contributed by atoms with Crippen LogP contribution < -0.4 is 0 Å². The van der Waals surface area contributed by atoms with Crippen LogP contribution in [0.25, 0.3) is 0 Å². The lowest BCUT2D eigenvalue weighted by molar-refractivity contribution is -0.110. The molecule has 0 aromatic heterocycles. The highest BCUT2D eigenvalue weighted by Crippen LogP contribution is 2.39. The van der Waals surface area contributed by atoms with Gasteiger partial charge in [-0.1, -0.05) is 49.6 Å². The summed E-state index contributed by atoms with van der Waals surface area (Å²) in [6.45, 7) is 0. The fourth-order valence-corrected chi connectivity index (χ4v) is 3.54. The van der Waals surface area contributed by atoms with Crippen molar-refractivity contribution < 1.29 is 4.79 Å². The molecular formula is C14H18OS. The molecule has 0 radical (unpaired) electrons. The Morgan fingerprint density at radius 3 is 2.44 bits per heavy atom. The first-order valence-electron chi connectivity index (χ1n) is 5.99. The van der Waals surface area contributed by atoms with Gasteiger partial charge in [-0.2, -0.15) is 0 Å². The van der Waals surface area contributed by atoms with Crippen LogP contribution in [-0.4, -0.2) is 11.0 Å². The second kappa shape index (κ2) is 5.53. The lowest BCUT2D eigenvalue weighted by Crippen LogP contribution is -2.29. The number of hydrogen-bond donors (Lipinski definition) is 0. The van der Waals surface area contributed by atoms with Crippen molar-refractivity contribution in [1.29, 1.82) is 0 Å². The van der Waals surface area contributed by atoms with E-state index in [0.29, 0.717) is 0 Å². The van der Waals surface area contributed by atoms with Gasteiger partial charge >= 0.3 is 0 Å². The van der Waals surface area contributed by atoms with Crippen LogP contribution in [0.5, 0.6) is 0 Å². The molecule has 0 saturated heterocycles. The summed E-state index contributed by atoms with van der Waals surface area (Å²) >= 11 is 1.83. The van der Waals surface area contributed by atoms with Gasteiger partial charge in [0.1, 0.15) is 6.29 Å². The molecule has 86 valence electrons.